The zero-order valence-corrected chi connectivity index (χ0v) is 10.6. The number of benzene rings is 1. The lowest BCUT2D eigenvalue weighted by molar-refractivity contribution is 0.260. The molecule has 6 heteroatoms. The molecular weight excluding hydrogens is 245 g/mol. The summed E-state index contributed by atoms with van der Waals surface area (Å²) in [5, 5.41) is 4.90. The third kappa shape index (κ3) is 5.14. The summed E-state index contributed by atoms with van der Waals surface area (Å²) in [6.07, 6.45) is 0. The van der Waals surface area contributed by atoms with Gasteiger partial charge in [-0.15, -0.1) is 0 Å². The van der Waals surface area contributed by atoms with Crippen LogP contribution in [-0.2, 0) is 10.0 Å². The molecule has 0 fully saturated rings. The fourth-order valence-electron chi connectivity index (χ4n) is 1.40. The largest absolute Gasteiger partial charge is 0.490 e. The van der Waals surface area contributed by atoms with Crippen molar-refractivity contribution in [2.45, 2.75) is 13.8 Å². The van der Waals surface area contributed by atoms with Crippen LogP contribution in [0.2, 0.25) is 0 Å². The van der Waals surface area contributed by atoms with Crippen LogP contribution in [0.15, 0.2) is 18.2 Å². The van der Waals surface area contributed by atoms with Crippen molar-refractivity contribution >= 4 is 10.0 Å². The van der Waals surface area contributed by atoms with Crippen LogP contribution in [0.25, 0.3) is 0 Å². The van der Waals surface area contributed by atoms with Gasteiger partial charge in [0.05, 0.1) is 12.4 Å². The Morgan fingerprint density at radius 1 is 1.47 bits per heavy atom. The van der Waals surface area contributed by atoms with E-state index in [1.165, 1.54) is 6.07 Å². The summed E-state index contributed by atoms with van der Waals surface area (Å²) in [5.74, 6) is -0.796. The zero-order valence-electron chi connectivity index (χ0n) is 9.81. The minimum Gasteiger partial charge on any atom is -0.490 e. The molecule has 1 rings (SSSR count). The van der Waals surface area contributed by atoms with Crippen molar-refractivity contribution in [3.05, 3.63) is 29.6 Å². The number of sulfonamides is 1. The minimum absolute atomic E-state index is 0.108. The highest BCUT2D eigenvalue weighted by atomic mass is 32.2. The number of primary sulfonamides is 1. The lowest BCUT2D eigenvalue weighted by atomic mass is 10.2. The molecule has 0 radical (unpaired) electrons. The molecular formula is C11H16FNO3S. The van der Waals surface area contributed by atoms with Crippen molar-refractivity contribution in [3.63, 3.8) is 0 Å². The summed E-state index contributed by atoms with van der Waals surface area (Å²) in [4.78, 5) is 0. The Balaban J connectivity index is 2.58. The van der Waals surface area contributed by atoms with Crippen molar-refractivity contribution in [3.8, 4) is 5.75 Å². The summed E-state index contributed by atoms with van der Waals surface area (Å²) >= 11 is 0. The third-order valence-electron chi connectivity index (χ3n) is 2.13. The Hall–Kier alpha value is -1.14. The van der Waals surface area contributed by atoms with Gasteiger partial charge in [-0.2, -0.15) is 0 Å². The zero-order chi connectivity index (χ0) is 13.1. The van der Waals surface area contributed by atoms with E-state index in [0.717, 1.165) is 5.56 Å². The summed E-state index contributed by atoms with van der Waals surface area (Å²) in [6.45, 7) is 3.61. The van der Waals surface area contributed by atoms with E-state index >= 15 is 0 Å². The number of aryl methyl sites for hydroxylation is 1. The van der Waals surface area contributed by atoms with Gasteiger partial charge in [0.1, 0.15) is 0 Å². The highest BCUT2D eigenvalue weighted by Gasteiger charge is 2.13. The van der Waals surface area contributed by atoms with E-state index in [4.69, 9.17) is 9.88 Å². The van der Waals surface area contributed by atoms with E-state index in [-0.39, 0.29) is 24.0 Å². The topological polar surface area (TPSA) is 69.4 Å². The van der Waals surface area contributed by atoms with Gasteiger partial charge in [0, 0.05) is 5.92 Å². The van der Waals surface area contributed by atoms with Crippen molar-refractivity contribution in [1.29, 1.82) is 0 Å². The second kappa shape index (κ2) is 5.46. The maximum absolute atomic E-state index is 13.3. The fourth-order valence-corrected chi connectivity index (χ4v) is 2.29. The number of nitrogens with two attached hydrogens (primary N) is 1. The normalized spacial score (nSPS) is 13.4. The van der Waals surface area contributed by atoms with E-state index in [1.54, 1.807) is 19.1 Å². The van der Waals surface area contributed by atoms with Crippen molar-refractivity contribution < 1.29 is 17.5 Å². The molecule has 0 heterocycles. The lowest BCUT2D eigenvalue weighted by Gasteiger charge is -2.12. The van der Waals surface area contributed by atoms with Crippen LogP contribution in [0, 0.1) is 18.7 Å². The molecule has 1 atom stereocenters. The molecule has 0 spiro atoms. The molecule has 1 aromatic rings. The Morgan fingerprint density at radius 3 is 2.71 bits per heavy atom. The molecule has 1 unspecified atom stereocenters. The van der Waals surface area contributed by atoms with Gasteiger partial charge in [-0.05, 0) is 24.6 Å². The molecule has 0 saturated heterocycles. The quantitative estimate of drug-likeness (QED) is 0.872. The summed E-state index contributed by atoms with van der Waals surface area (Å²) in [5.41, 5.74) is 0.875. The maximum atomic E-state index is 13.3. The summed E-state index contributed by atoms with van der Waals surface area (Å²) in [6, 6.07) is 4.52. The predicted octanol–water partition coefficient (Wildman–Crippen LogP) is 1.44. The van der Waals surface area contributed by atoms with Crippen LogP contribution in [0.1, 0.15) is 12.5 Å². The third-order valence-corrected chi connectivity index (χ3v) is 3.16. The van der Waals surface area contributed by atoms with Crippen LogP contribution in [0.3, 0.4) is 0 Å². The van der Waals surface area contributed by atoms with Crippen molar-refractivity contribution in [2.75, 3.05) is 12.4 Å². The number of ether oxygens (including phenoxy) is 1. The Bertz CT molecular complexity index is 487. The second-order valence-corrected chi connectivity index (χ2v) is 5.84. The summed E-state index contributed by atoms with van der Waals surface area (Å²) in [7, 11) is -3.52. The van der Waals surface area contributed by atoms with Gasteiger partial charge in [-0.1, -0.05) is 13.0 Å². The van der Waals surface area contributed by atoms with E-state index in [0.29, 0.717) is 0 Å². The van der Waals surface area contributed by atoms with E-state index in [2.05, 4.69) is 0 Å². The van der Waals surface area contributed by atoms with Crippen LogP contribution in [0.5, 0.6) is 5.75 Å². The SMILES string of the molecule is Cc1ccc(F)c(OCC(C)CS(N)(=O)=O)c1. The molecule has 0 aliphatic heterocycles. The summed E-state index contributed by atoms with van der Waals surface area (Å²) < 4.78 is 40.2. The molecule has 0 bridgehead atoms. The van der Waals surface area contributed by atoms with E-state index in [9.17, 15) is 12.8 Å². The standard InChI is InChI=1S/C11H16FNO3S/c1-8-3-4-10(12)11(5-8)16-6-9(2)7-17(13,14)15/h3-5,9H,6-7H2,1-2H3,(H2,13,14,15). The van der Waals surface area contributed by atoms with Crippen LogP contribution in [-0.4, -0.2) is 20.8 Å². The minimum atomic E-state index is -3.52. The first-order chi connectivity index (χ1) is 7.78. The fraction of sp³-hybridized carbons (Fsp3) is 0.455. The van der Waals surface area contributed by atoms with Crippen molar-refractivity contribution in [2.24, 2.45) is 11.1 Å². The molecule has 0 aliphatic rings. The molecule has 0 aliphatic carbocycles. The van der Waals surface area contributed by atoms with Gasteiger partial charge < -0.3 is 4.74 Å². The Labute approximate surface area is 101 Å². The van der Waals surface area contributed by atoms with Gasteiger partial charge in [0.2, 0.25) is 10.0 Å². The van der Waals surface area contributed by atoms with Crippen LogP contribution < -0.4 is 9.88 Å². The smallest absolute Gasteiger partial charge is 0.209 e. The van der Waals surface area contributed by atoms with E-state index in [1.807, 2.05) is 6.92 Å². The van der Waals surface area contributed by atoms with E-state index < -0.39 is 15.8 Å². The highest BCUT2D eigenvalue weighted by Crippen LogP contribution is 2.19. The number of hydrogen-bond acceptors (Lipinski definition) is 3. The maximum Gasteiger partial charge on any atom is 0.209 e. The van der Waals surface area contributed by atoms with Gasteiger partial charge in [0.25, 0.3) is 0 Å². The Kier molecular flexibility index (Phi) is 4.47. The molecule has 0 amide bonds. The Morgan fingerprint density at radius 2 is 2.12 bits per heavy atom. The molecule has 2 N–H and O–H groups in total. The van der Waals surface area contributed by atoms with Crippen molar-refractivity contribution in [1.82, 2.24) is 0 Å². The average Bonchev–Trinajstić information content (AvgIpc) is 2.17. The first kappa shape index (κ1) is 13.9. The first-order valence-electron chi connectivity index (χ1n) is 5.17. The van der Waals surface area contributed by atoms with Gasteiger partial charge in [-0.3, -0.25) is 0 Å². The van der Waals surface area contributed by atoms with Gasteiger partial charge >= 0.3 is 0 Å². The molecule has 1 aromatic carbocycles. The first-order valence-corrected chi connectivity index (χ1v) is 6.89. The number of rotatable bonds is 5. The molecule has 4 nitrogen and oxygen atoms in total. The number of halogens is 1. The van der Waals surface area contributed by atoms with Gasteiger partial charge in [-0.25, -0.2) is 17.9 Å². The van der Waals surface area contributed by atoms with Crippen LogP contribution >= 0.6 is 0 Å². The average molecular weight is 261 g/mol. The lowest BCUT2D eigenvalue weighted by Crippen LogP contribution is -2.25. The molecule has 17 heavy (non-hydrogen) atoms. The molecule has 96 valence electrons. The van der Waals surface area contributed by atoms with Gasteiger partial charge in [0.15, 0.2) is 11.6 Å². The molecule has 0 saturated carbocycles. The highest BCUT2D eigenvalue weighted by molar-refractivity contribution is 7.89. The molecule has 0 aromatic heterocycles. The predicted molar refractivity (Wildman–Crippen MR) is 63.8 cm³/mol. The number of hydrogen-bond donors (Lipinski definition) is 1. The monoisotopic (exact) mass is 261 g/mol. The van der Waals surface area contributed by atoms with Crippen LogP contribution in [0.4, 0.5) is 4.39 Å². The second-order valence-electron chi connectivity index (χ2n) is 4.18.